The van der Waals surface area contributed by atoms with E-state index in [1.807, 2.05) is 60.7 Å². The molecule has 0 saturated carbocycles. The molecule has 0 unspecified atom stereocenters. The summed E-state index contributed by atoms with van der Waals surface area (Å²) in [5, 5.41) is 0. The van der Waals surface area contributed by atoms with Crippen molar-refractivity contribution in [1.29, 1.82) is 0 Å². The Hall–Kier alpha value is -3.61. The van der Waals surface area contributed by atoms with E-state index in [1.54, 1.807) is 25.7 Å². The van der Waals surface area contributed by atoms with Crippen molar-refractivity contribution in [3.63, 3.8) is 0 Å². The number of methoxy groups -OCH3 is 2. The third-order valence-corrected chi connectivity index (χ3v) is 5.00. The Balaban J connectivity index is 2.33. The lowest BCUT2D eigenvalue weighted by molar-refractivity contribution is -0.156. The molecule has 2 atom stereocenters. The maximum Gasteiger partial charge on any atom is 0.337 e. The molecule has 1 heterocycles. The lowest BCUT2D eigenvalue weighted by Crippen LogP contribution is -2.45. The van der Waals surface area contributed by atoms with Gasteiger partial charge in [-0.15, -0.1) is 0 Å². The first-order valence-corrected chi connectivity index (χ1v) is 10.2. The van der Waals surface area contributed by atoms with Crippen LogP contribution in [0.5, 0.6) is 0 Å². The van der Waals surface area contributed by atoms with Crippen LogP contribution >= 0.6 is 0 Å². The number of hydrogen-bond acceptors (Lipinski definition) is 7. The molecule has 0 bridgehead atoms. The third kappa shape index (κ3) is 4.51. The van der Waals surface area contributed by atoms with Crippen LogP contribution in [0.4, 0.5) is 5.69 Å². The van der Waals surface area contributed by atoms with Crippen molar-refractivity contribution in [3.05, 3.63) is 77.4 Å². The Labute approximate surface area is 187 Å². The summed E-state index contributed by atoms with van der Waals surface area (Å²) in [6.45, 7) is 5.22. The highest BCUT2D eigenvalue weighted by molar-refractivity contribution is 6.10. The van der Waals surface area contributed by atoms with E-state index in [1.165, 1.54) is 14.2 Å². The summed E-state index contributed by atoms with van der Waals surface area (Å²) in [5.74, 6) is -2.17. The predicted octanol–water partition coefficient (Wildman–Crippen LogP) is 3.60. The van der Waals surface area contributed by atoms with Crippen molar-refractivity contribution in [2.75, 3.05) is 19.1 Å². The van der Waals surface area contributed by atoms with Gasteiger partial charge in [0.25, 0.3) is 0 Å². The first-order chi connectivity index (χ1) is 15.2. The molecule has 0 saturated heterocycles. The molecule has 7 nitrogen and oxygen atoms in total. The van der Waals surface area contributed by atoms with Crippen molar-refractivity contribution in [2.24, 2.45) is 0 Å². The number of hydrogen-bond donors (Lipinski definition) is 0. The van der Waals surface area contributed by atoms with E-state index in [2.05, 4.69) is 0 Å². The number of ether oxygens (including phenoxy) is 3. The van der Waals surface area contributed by atoms with Gasteiger partial charge in [-0.05, 0) is 38.5 Å². The molecular weight excluding hydrogens is 410 g/mol. The highest BCUT2D eigenvalue weighted by atomic mass is 16.6. The predicted molar refractivity (Wildman–Crippen MR) is 119 cm³/mol. The molecule has 0 amide bonds. The summed E-state index contributed by atoms with van der Waals surface area (Å²) in [7, 11) is 2.44. The molecular formula is C25H27NO6. The molecule has 1 aliphatic rings. The van der Waals surface area contributed by atoms with Crippen LogP contribution in [-0.4, -0.2) is 43.8 Å². The van der Waals surface area contributed by atoms with Crippen LogP contribution in [-0.2, 0) is 28.6 Å². The molecule has 2 aromatic rings. The molecule has 32 heavy (non-hydrogen) atoms. The van der Waals surface area contributed by atoms with Crippen LogP contribution in [0.15, 0.2) is 71.8 Å². The Morgan fingerprint density at radius 2 is 1.28 bits per heavy atom. The average molecular weight is 437 g/mol. The van der Waals surface area contributed by atoms with Crippen LogP contribution in [0.2, 0.25) is 0 Å². The summed E-state index contributed by atoms with van der Waals surface area (Å²) in [5.41, 5.74) is 0.495. The number of anilines is 1. The summed E-state index contributed by atoms with van der Waals surface area (Å²) < 4.78 is 15.7. The number of para-hydroxylation sites is 1. The number of benzene rings is 2. The van der Waals surface area contributed by atoms with Crippen molar-refractivity contribution < 1.29 is 28.6 Å². The fourth-order valence-corrected chi connectivity index (χ4v) is 3.83. The highest BCUT2D eigenvalue weighted by Crippen LogP contribution is 2.45. The van der Waals surface area contributed by atoms with Gasteiger partial charge in [0.2, 0.25) is 0 Å². The van der Waals surface area contributed by atoms with Gasteiger partial charge in [0.05, 0.1) is 31.4 Å². The second kappa shape index (κ2) is 9.26. The normalized spacial score (nSPS) is 18.3. The van der Waals surface area contributed by atoms with Crippen LogP contribution in [0.3, 0.4) is 0 Å². The molecule has 0 fully saturated rings. The second-order valence-corrected chi connectivity index (χ2v) is 8.30. The molecule has 0 aromatic heterocycles. The zero-order valence-electron chi connectivity index (χ0n) is 18.8. The van der Waals surface area contributed by atoms with E-state index in [4.69, 9.17) is 14.2 Å². The molecule has 1 aliphatic heterocycles. The minimum Gasteiger partial charge on any atom is -0.466 e. The van der Waals surface area contributed by atoms with Crippen LogP contribution in [0.1, 0.15) is 32.4 Å². The van der Waals surface area contributed by atoms with E-state index in [0.29, 0.717) is 11.3 Å². The quantitative estimate of drug-likeness (QED) is 0.522. The molecule has 0 N–H and O–H groups in total. The van der Waals surface area contributed by atoms with E-state index < -0.39 is 35.6 Å². The van der Waals surface area contributed by atoms with Gasteiger partial charge in [0.15, 0.2) is 6.04 Å². The van der Waals surface area contributed by atoms with E-state index in [0.717, 1.165) is 0 Å². The van der Waals surface area contributed by atoms with E-state index >= 15 is 0 Å². The van der Waals surface area contributed by atoms with Gasteiger partial charge in [-0.25, -0.2) is 14.4 Å². The lowest BCUT2D eigenvalue weighted by atomic mass is 9.96. The minimum atomic E-state index is -1.21. The molecule has 0 radical (unpaired) electrons. The fourth-order valence-electron chi connectivity index (χ4n) is 3.83. The molecule has 3 rings (SSSR count). The summed E-state index contributed by atoms with van der Waals surface area (Å²) in [6, 6.07) is 16.3. The Morgan fingerprint density at radius 1 is 0.781 bits per heavy atom. The number of carbonyl (C=O) groups is 3. The van der Waals surface area contributed by atoms with Crippen LogP contribution < -0.4 is 4.90 Å². The van der Waals surface area contributed by atoms with Gasteiger partial charge in [-0.3, -0.25) is 0 Å². The number of nitrogens with zero attached hydrogens (tertiary/aromatic N) is 1. The van der Waals surface area contributed by atoms with E-state index in [-0.39, 0.29) is 11.1 Å². The monoisotopic (exact) mass is 437 g/mol. The molecule has 7 heteroatoms. The maximum absolute atomic E-state index is 13.5. The SMILES string of the molecule is COC(=O)C1=C(C(=O)OC)[C@@H](c2ccccc2)N(c2ccccc2)[C@@H]1C(=O)OC(C)(C)C. The lowest BCUT2D eigenvalue weighted by Gasteiger charge is -2.34. The number of carbonyl (C=O) groups excluding carboxylic acids is 3. The van der Waals surface area contributed by atoms with Gasteiger partial charge >= 0.3 is 17.9 Å². The summed E-state index contributed by atoms with van der Waals surface area (Å²) >= 11 is 0. The van der Waals surface area contributed by atoms with Crippen molar-refractivity contribution in [2.45, 2.75) is 38.5 Å². The molecule has 2 aromatic carbocycles. The first kappa shape index (κ1) is 23.1. The van der Waals surface area contributed by atoms with Crippen LogP contribution in [0, 0.1) is 0 Å². The van der Waals surface area contributed by atoms with Gasteiger partial charge < -0.3 is 19.1 Å². The zero-order chi connectivity index (χ0) is 23.5. The van der Waals surface area contributed by atoms with Gasteiger partial charge in [0, 0.05) is 5.69 Å². The Kier molecular flexibility index (Phi) is 6.67. The standard InChI is InChI=1S/C25H27NO6/c1-25(2,3)32-24(29)21-19(23(28)31-5)18(22(27)30-4)20(16-12-8-6-9-13-16)26(21)17-14-10-7-11-15-17/h6-15,20-21H,1-5H3/t20-,21+/m1/s1. The largest absolute Gasteiger partial charge is 0.466 e. The molecule has 168 valence electrons. The van der Waals surface area contributed by atoms with Gasteiger partial charge in [-0.1, -0.05) is 48.5 Å². The highest BCUT2D eigenvalue weighted by Gasteiger charge is 2.52. The maximum atomic E-state index is 13.5. The van der Waals surface area contributed by atoms with Crippen LogP contribution in [0.25, 0.3) is 0 Å². The first-order valence-electron chi connectivity index (χ1n) is 10.2. The third-order valence-electron chi connectivity index (χ3n) is 5.00. The number of esters is 3. The smallest absolute Gasteiger partial charge is 0.337 e. The van der Waals surface area contributed by atoms with Crippen molar-refractivity contribution in [3.8, 4) is 0 Å². The molecule has 0 spiro atoms. The van der Waals surface area contributed by atoms with Crippen molar-refractivity contribution in [1.82, 2.24) is 0 Å². The minimum absolute atomic E-state index is 0.0465. The summed E-state index contributed by atoms with van der Waals surface area (Å²) in [4.78, 5) is 41.1. The second-order valence-electron chi connectivity index (χ2n) is 8.30. The average Bonchev–Trinajstić information content (AvgIpc) is 3.14. The number of rotatable bonds is 5. The van der Waals surface area contributed by atoms with Gasteiger partial charge in [-0.2, -0.15) is 0 Å². The summed E-state index contributed by atoms with van der Waals surface area (Å²) in [6.07, 6.45) is 0. The Morgan fingerprint density at radius 3 is 1.78 bits per heavy atom. The van der Waals surface area contributed by atoms with E-state index in [9.17, 15) is 14.4 Å². The fraction of sp³-hybridized carbons (Fsp3) is 0.320. The van der Waals surface area contributed by atoms with Gasteiger partial charge in [0.1, 0.15) is 5.60 Å². The topological polar surface area (TPSA) is 82.1 Å². The zero-order valence-corrected chi connectivity index (χ0v) is 18.8. The Bertz CT molecular complexity index is 1020. The molecule has 0 aliphatic carbocycles. The van der Waals surface area contributed by atoms with Crippen molar-refractivity contribution >= 4 is 23.6 Å².